The van der Waals surface area contributed by atoms with E-state index < -0.39 is 0 Å². The lowest BCUT2D eigenvalue weighted by Crippen LogP contribution is -2.02. The fourth-order valence-corrected chi connectivity index (χ4v) is 2.65. The maximum atomic E-state index is 2.56. The SMILES string of the molecule is Cc1ccc(CCCN2C[C@@H]2c2ccccc2)cc1. The monoisotopic (exact) mass is 251 g/mol. The van der Waals surface area contributed by atoms with Gasteiger partial charge in [-0.25, -0.2) is 0 Å². The van der Waals surface area contributed by atoms with E-state index in [1.165, 1.54) is 42.6 Å². The Balaban J connectivity index is 1.44. The highest BCUT2D eigenvalue weighted by Gasteiger charge is 2.33. The molecule has 0 N–H and O–H groups in total. The standard InChI is InChI=1S/C18H21N/c1-15-9-11-16(12-10-15)6-5-13-19-14-18(19)17-7-3-2-4-8-17/h2-4,7-12,18H,5-6,13-14H2,1H3/t18-,19?/m1/s1. The van der Waals surface area contributed by atoms with Crippen LogP contribution in [0.4, 0.5) is 0 Å². The summed E-state index contributed by atoms with van der Waals surface area (Å²) >= 11 is 0. The molecule has 2 atom stereocenters. The molecule has 0 amide bonds. The van der Waals surface area contributed by atoms with Crippen LogP contribution >= 0.6 is 0 Å². The summed E-state index contributed by atoms with van der Waals surface area (Å²) in [6.07, 6.45) is 2.45. The summed E-state index contributed by atoms with van der Waals surface area (Å²) in [5, 5.41) is 0. The van der Waals surface area contributed by atoms with Crippen LogP contribution in [0.15, 0.2) is 54.6 Å². The molecule has 1 saturated heterocycles. The van der Waals surface area contributed by atoms with E-state index in [0.717, 1.165) is 0 Å². The minimum atomic E-state index is 0.680. The van der Waals surface area contributed by atoms with Gasteiger partial charge in [0.1, 0.15) is 0 Å². The highest BCUT2D eigenvalue weighted by Crippen LogP contribution is 2.34. The third-order valence-electron chi connectivity index (χ3n) is 3.93. The molecule has 2 aromatic carbocycles. The number of benzene rings is 2. The van der Waals surface area contributed by atoms with Gasteiger partial charge in [-0.05, 0) is 37.4 Å². The second-order valence-electron chi connectivity index (χ2n) is 5.51. The average molecular weight is 251 g/mol. The maximum Gasteiger partial charge on any atom is 0.0476 e. The normalized spacial score (nSPS) is 21.3. The van der Waals surface area contributed by atoms with Crippen molar-refractivity contribution in [3.8, 4) is 0 Å². The Morgan fingerprint density at radius 2 is 1.74 bits per heavy atom. The van der Waals surface area contributed by atoms with Gasteiger partial charge in [-0.15, -0.1) is 0 Å². The van der Waals surface area contributed by atoms with Crippen LogP contribution in [0.1, 0.15) is 29.2 Å². The fraction of sp³-hybridized carbons (Fsp3) is 0.333. The van der Waals surface area contributed by atoms with E-state index in [2.05, 4.69) is 66.4 Å². The minimum absolute atomic E-state index is 0.680. The van der Waals surface area contributed by atoms with Crippen molar-refractivity contribution in [1.29, 1.82) is 0 Å². The van der Waals surface area contributed by atoms with Crippen molar-refractivity contribution in [3.63, 3.8) is 0 Å². The van der Waals surface area contributed by atoms with Crippen molar-refractivity contribution < 1.29 is 0 Å². The molecular formula is C18H21N. The molecule has 1 nitrogen and oxygen atoms in total. The topological polar surface area (TPSA) is 3.01 Å². The molecule has 98 valence electrons. The van der Waals surface area contributed by atoms with Gasteiger partial charge in [0.25, 0.3) is 0 Å². The molecule has 0 radical (unpaired) electrons. The Labute approximate surface area is 115 Å². The van der Waals surface area contributed by atoms with Crippen LogP contribution in [0.3, 0.4) is 0 Å². The first kappa shape index (κ1) is 12.4. The van der Waals surface area contributed by atoms with Gasteiger partial charge >= 0.3 is 0 Å². The van der Waals surface area contributed by atoms with Gasteiger partial charge < -0.3 is 0 Å². The minimum Gasteiger partial charge on any atom is -0.293 e. The molecule has 19 heavy (non-hydrogen) atoms. The van der Waals surface area contributed by atoms with Gasteiger partial charge in [-0.1, -0.05) is 60.2 Å². The fourth-order valence-electron chi connectivity index (χ4n) is 2.65. The summed E-state index contributed by atoms with van der Waals surface area (Å²) in [4.78, 5) is 2.56. The number of aryl methyl sites for hydroxylation is 2. The first-order chi connectivity index (χ1) is 9.33. The maximum absolute atomic E-state index is 2.56. The first-order valence-corrected chi connectivity index (χ1v) is 7.17. The van der Waals surface area contributed by atoms with Crippen LogP contribution in [-0.2, 0) is 6.42 Å². The predicted molar refractivity (Wildman–Crippen MR) is 80.3 cm³/mol. The number of hydrogen-bond donors (Lipinski definition) is 0. The Kier molecular flexibility index (Phi) is 3.65. The predicted octanol–water partition coefficient (Wildman–Crippen LogP) is 3.98. The number of hydrogen-bond acceptors (Lipinski definition) is 1. The molecule has 1 heterocycles. The molecule has 1 fully saturated rings. The van der Waals surface area contributed by atoms with Gasteiger partial charge in [0.2, 0.25) is 0 Å². The van der Waals surface area contributed by atoms with Gasteiger partial charge in [0.15, 0.2) is 0 Å². The van der Waals surface area contributed by atoms with Crippen molar-refractivity contribution in [2.75, 3.05) is 13.1 Å². The summed E-state index contributed by atoms with van der Waals surface area (Å²) in [7, 11) is 0. The van der Waals surface area contributed by atoms with Gasteiger partial charge in [-0.3, -0.25) is 4.90 Å². The molecule has 0 aliphatic carbocycles. The van der Waals surface area contributed by atoms with E-state index in [4.69, 9.17) is 0 Å². The molecule has 0 saturated carbocycles. The molecule has 3 rings (SSSR count). The third-order valence-corrected chi connectivity index (χ3v) is 3.93. The zero-order valence-corrected chi connectivity index (χ0v) is 11.5. The van der Waals surface area contributed by atoms with E-state index >= 15 is 0 Å². The van der Waals surface area contributed by atoms with Crippen LogP contribution in [-0.4, -0.2) is 18.0 Å². The van der Waals surface area contributed by atoms with E-state index in [0.29, 0.717) is 6.04 Å². The Morgan fingerprint density at radius 1 is 1.00 bits per heavy atom. The van der Waals surface area contributed by atoms with Crippen LogP contribution in [0.25, 0.3) is 0 Å². The molecule has 1 aliphatic heterocycles. The van der Waals surface area contributed by atoms with Gasteiger partial charge in [-0.2, -0.15) is 0 Å². The Bertz CT molecular complexity index is 515. The van der Waals surface area contributed by atoms with Crippen molar-refractivity contribution in [1.82, 2.24) is 4.90 Å². The average Bonchev–Trinajstić information content (AvgIpc) is 3.22. The smallest absolute Gasteiger partial charge is 0.0476 e. The van der Waals surface area contributed by atoms with Crippen LogP contribution in [0.2, 0.25) is 0 Å². The van der Waals surface area contributed by atoms with Gasteiger partial charge in [0, 0.05) is 12.6 Å². The summed E-state index contributed by atoms with van der Waals surface area (Å²) in [6.45, 7) is 4.59. The molecular weight excluding hydrogens is 230 g/mol. The quantitative estimate of drug-likeness (QED) is 0.726. The lowest BCUT2D eigenvalue weighted by atomic mass is 10.1. The second-order valence-corrected chi connectivity index (χ2v) is 5.51. The van der Waals surface area contributed by atoms with Crippen LogP contribution < -0.4 is 0 Å². The van der Waals surface area contributed by atoms with E-state index in [-0.39, 0.29) is 0 Å². The lowest BCUT2D eigenvalue weighted by Gasteiger charge is -2.05. The molecule has 1 unspecified atom stereocenters. The molecule has 0 bridgehead atoms. The third kappa shape index (κ3) is 3.24. The molecule has 2 aromatic rings. The van der Waals surface area contributed by atoms with E-state index in [1.54, 1.807) is 0 Å². The second kappa shape index (κ2) is 5.58. The molecule has 1 aliphatic rings. The van der Waals surface area contributed by atoms with Crippen molar-refractivity contribution in [2.24, 2.45) is 0 Å². The zero-order valence-electron chi connectivity index (χ0n) is 11.5. The zero-order chi connectivity index (χ0) is 13.1. The summed E-state index contributed by atoms with van der Waals surface area (Å²) in [6, 6.07) is 20.5. The highest BCUT2D eigenvalue weighted by atomic mass is 15.3. The Morgan fingerprint density at radius 3 is 2.47 bits per heavy atom. The van der Waals surface area contributed by atoms with Crippen molar-refractivity contribution in [2.45, 2.75) is 25.8 Å². The van der Waals surface area contributed by atoms with Crippen molar-refractivity contribution >= 4 is 0 Å². The first-order valence-electron chi connectivity index (χ1n) is 7.17. The summed E-state index contributed by atoms with van der Waals surface area (Å²) in [5.41, 5.74) is 4.28. The largest absolute Gasteiger partial charge is 0.293 e. The van der Waals surface area contributed by atoms with Crippen molar-refractivity contribution in [3.05, 3.63) is 71.3 Å². The lowest BCUT2D eigenvalue weighted by molar-refractivity contribution is 0.495. The molecule has 1 heteroatoms. The molecule has 0 spiro atoms. The van der Waals surface area contributed by atoms with E-state index in [9.17, 15) is 0 Å². The summed E-state index contributed by atoms with van der Waals surface area (Å²) < 4.78 is 0. The number of nitrogens with zero attached hydrogens (tertiary/aromatic N) is 1. The highest BCUT2D eigenvalue weighted by molar-refractivity contribution is 5.24. The number of rotatable bonds is 5. The van der Waals surface area contributed by atoms with Gasteiger partial charge in [0.05, 0.1) is 0 Å². The molecule has 0 aromatic heterocycles. The van der Waals surface area contributed by atoms with Crippen LogP contribution in [0.5, 0.6) is 0 Å². The summed E-state index contributed by atoms with van der Waals surface area (Å²) in [5.74, 6) is 0. The Hall–Kier alpha value is -1.60. The van der Waals surface area contributed by atoms with Crippen LogP contribution in [0, 0.1) is 6.92 Å². The van der Waals surface area contributed by atoms with E-state index in [1.807, 2.05) is 0 Å².